The molecule has 11 heteroatoms. The second kappa shape index (κ2) is 10.5. The minimum atomic E-state index is -1.10. The molecular weight excluding hydrogens is 442 g/mol. The Bertz CT molecular complexity index is 1320. The van der Waals surface area contributed by atoms with E-state index in [1.807, 2.05) is 0 Å². The zero-order valence-electron chi connectivity index (χ0n) is 17.8. The SMILES string of the molecule is Cc1nc(Nc2cccc(/C=C/C(=O)O)c2)nc(Nc2cccc(/C=C\C(=O)O)c2)c1[N+](=O)[O-]. The number of hydrogen-bond acceptors (Lipinski definition) is 8. The molecule has 0 bridgehead atoms. The summed E-state index contributed by atoms with van der Waals surface area (Å²) in [6.45, 7) is 1.48. The topological polar surface area (TPSA) is 168 Å². The van der Waals surface area contributed by atoms with E-state index in [4.69, 9.17) is 10.2 Å². The molecule has 1 heterocycles. The van der Waals surface area contributed by atoms with Gasteiger partial charge in [-0.05, 0) is 54.5 Å². The first-order valence-corrected chi connectivity index (χ1v) is 9.80. The number of nitro groups is 1. The van der Waals surface area contributed by atoms with Crippen LogP contribution in [0.1, 0.15) is 16.8 Å². The summed E-state index contributed by atoms with van der Waals surface area (Å²) in [7, 11) is 0. The van der Waals surface area contributed by atoms with Crippen LogP contribution in [0.4, 0.5) is 28.8 Å². The maximum atomic E-state index is 11.7. The lowest BCUT2D eigenvalue weighted by molar-refractivity contribution is -0.385. The molecule has 0 spiro atoms. The van der Waals surface area contributed by atoms with Gasteiger partial charge in [0.15, 0.2) is 0 Å². The number of carboxylic acid groups (broad SMARTS) is 2. The van der Waals surface area contributed by atoms with Gasteiger partial charge in [-0.15, -0.1) is 0 Å². The molecule has 0 aliphatic heterocycles. The first-order valence-electron chi connectivity index (χ1n) is 9.80. The highest BCUT2D eigenvalue weighted by atomic mass is 16.6. The maximum absolute atomic E-state index is 11.7. The van der Waals surface area contributed by atoms with E-state index in [0.29, 0.717) is 22.5 Å². The highest BCUT2D eigenvalue weighted by Gasteiger charge is 2.22. The highest BCUT2D eigenvalue weighted by Crippen LogP contribution is 2.30. The van der Waals surface area contributed by atoms with Crippen molar-refractivity contribution in [3.05, 3.63) is 87.6 Å². The van der Waals surface area contributed by atoms with Gasteiger partial charge < -0.3 is 20.8 Å². The van der Waals surface area contributed by atoms with Crippen LogP contribution < -0.4 is 10.6 Å². The minimum absolute atomic E-state index is 0.0544. The van der Waals surface area contributed by atoms with E-state index in [9.17, 15) is 19.7 Å². The van der Waals surface area contributed by atoms with Gasteiger partial charge in [0.2, 0.25) is 11.8 Å². The Morgan fingerprint density at radius 2 is 1.44 bits per heavy atom. The van der Waals surface area contributed by atoms with Crippen molar-refractivity contribution in [2.75, 3.05) is 10.6 Å². The normalized spacial score (nSPS) is 11.0. The zero-order valence-corrected chi connectivity index (χ0v) is 17.8. The average Bonchev–Trinajstić information content (AvgIpc) is 2.76. The Kier molecular flexibility index (Phi) is 7.29. The summed E-state index contributed by atoms with van der Waals surface area (Å²) in [4.78, 5) is 41.0. The molecule has 172 valence electrons. The Hall–Kier alpha value is -5.06. The van der Waals surface area contributed by atoms with E-state index in [2.05, 4.69) is 20.6 Å². The van der Waals surface area contributed by atoms with Crippen LogP contribution in [0, 0.1) is 17.0 Å². The lowest BCUT2D eigenvalue weighted by Gasteiger charge is -2.11. The molecule has 4 N–H and O–H groups in total. The molecule has 3 rings (SSSR count). The van der Waals surface area contributed by atoms with Crippen molar-refractivity contribution in [2.45, 2.75) is 6.92 Å². The quantitative estimate of drug-likeness (QED) is 0.204. The summed E-state index contributed by atoms with van der Waals surface area (Å²) in [5, 5.41) is 35.1. The van der Waals surface area contributed by atoms with Crippen molar-refractivity contribution in [2.24, 2.45) is 0 Å². The second-order valence-electron chi connectivity index (χ2n) is 6.93. The van der Waals surface area contributed by atoms with Crippen LogP contribution in [0.2, 0.25) is 0 Å². The van der Waals surface area contributed by atoms with E-state index in [-0.39, 0.29) is 23.1 Å². The number of aromatic nitrogens is 2. The van der Waals surface area contributed by atoms with Crippen molar-refractivity contribution in [1.29, 1.82) is 0 Å². The molecule has 0 radical (unpaired) electrons. The Morgan fingerprint density at radius 3 is 1.94 bits per heavy atom. The van der Waals surface area contributed by atoms with E-state index in [1.165, 1.54) is 19.1 Å². The van der Waals surface area contributed by atoms with Crippen molar-refractivity contribution < 1.29 is 24.7 Å². The number of nitrogens with one attached hydrogen (secondary N) is 2. The molecule has 0 saturated carbocycles. The first-order chi connectivity index (χ1) is 16.2. The number of hydrogen-bond donors (Lipinski definition) is 4. The lowest BCUT2D eigenvalue weighted by Crippen LogP contribution is -2.07. The van der Waals surface area contributed by atoms with Crippen molar-refractivity contribution in [1.82, 2.24) is 9.97 Å². The highest BCUT2D eigenvalue weighted by molar-refractivity contribution is 5.86. The molecule has 0 atom stereocenters. The number of rotatable bonds is 9. The predicted molar refractivity (Wildman–Crippen MR) is 126 cm³/mol. The van der Waals surface area contributed by atoms with Gasteiger partial charge in [-0.2, -0.15) is 4.98 Å². The van der Waals surface area contributed by atoms with Crippen molar-refractivity contribution >= 4 is 52.9 Å². The average molecular weight is 461 g/mol. The Morgan fingerprint density at radius 1 is 0.912 bits per heavy atom. The predicted octanol–water partition coefficient (Wildman–Crippen LogP) is 4.38. The third kappa shape index (κ3) is 6.47. The smallest absolute Gasteiger partial charge is 0.332 e. The summed E-state index contributed by atoms with van der Waals surface area (Å²) in [6, 6.07) is 13.4. The number of anilines is 4. The minimum Gasteiger partial charge on any atom is -0.478 e. The fourth-order valence-corrected chi connectivity index (χ4v) is 2.97. The summed E-state index contributed by atoms with van der Waals surface area (Å²) >= 11 is 0. The Labute approximate surface area is 193 Å². The monoisotopic (exact) mass is 461 g/mol. The fraction of sp³-hybridized carbons (Fsp3) is 0.0435. The third-order valence-electron chi connectivity index (χ3n) is 4.37. The van der Waals surface area contributed by atoms with Crippen LogP contribution in [0.25, 0.3) is 12.2 Å². The second-order valence-corrected chi connectivity index (χ2v) is 6.93. The standard InChI is InChI=1S/C23H19N5O6/c1-14-21(28(33)34)22(25-17-6-2-4-15(12-17)8-10-19(29)30)27-23(24-14)26-18-7-3-5-16(13-18)9-11-20(31)32/h2-13H,1H3,(H,29,30)(H,31,32)(H2,24,25,26,27)/b10-8-,11-9+. The molecule has 1 aromatic heterocycles. The van der Waals surface area contributed by atoms with Gasteiger partial charge in [0.05, 0.1) is 4.92 Å². The lowest BCUT2D eigenvalue weighted by atomic mass is 10.2. The summed E-state index contributed by atoms with van der Waals surface area (Å²) in [6.07, 6.45) is 4.81. The molecule has 34 heavy (non-hydrogen) atoms. The number of benzene rings is 2. The molecule has 11 nitrogen and oxygen atoms in total. The Balaban J connectivity index is 1.93. The van der Waals surface area contributed by atoms with Crippen molar-refractivity contribution in [3.8, 4) is 0 Å². The molecule has 0 aliphatic carbocycles. The first kappa shape index (κ1) is 23.6. The van der Waals surface area contributed by atoms with Gasteiger partial charge in [0, 0.05) is 23.5 Å². The largest absolute Gasteiger partial charge is 0.478 e. The third-order valence-corrected chi connectivity index (χ3v) is 4.37. The number of nitrogens with zero attached hydrogens (tertiary/aromatic N) is 3. The van der Waals surface area contributed by atoms with Crippen molar-refractivity contribution in [3.63, 3.8) is 0 Å². The van der Waals surface area contributed by atoms with Gasteiger partial charge in [0.25, 0.3) is 0 Å². The van der Waals surface area contributed by atoms with Crippen LogP contribution in [0.5, 0.6) is 0 Å². The van der Waals surface area contributed by atoms with E-state index in [0.717, 1.165) is 12.2 Å². The maximum Gasteiger partial charge on any atom is 0.332 e. The number of carbonyl (C=O) groups is 2. The van der Waals surface area contributed by atoms with Gasteiger partial charge in [-0.1, -0.05) is 24.3 Å². The van der Waals surface area contributed by atoms with Crippen LogP contribution in [0.15, 0.2) is 60.7 Å². The number of carboxylic acids is 2. The molecular formula is C23H19N5O6. The van der Waals surface area contributed by atoms with Gasteiger partial charge >= 0.3 is 17.6 Å². The molecule has 0 amide bonds. The summed E-state index contributed by atoms with van der Waals surface area (Å²) in [5.41, 5.74) is 2.01. The molecule has 2 aromatic carbocycles. The van der Waals surface area contributed by atoms with Crippen LogP contribution in [0.3, 0.4) is 0 Å². The van der Waals surface area contributed by atoms with Gasteiger partial charge in [0.1, 0.15) is 5.69 Å². The van der Waals surface area contributed by atoms with Crippen LogP contribution >= 0.6 is 0 Å². The van der Waals surface area contributed by atoms with Gasteiger partial charge in [-0.25, -0.2) is 14.6 Å². The molecule has 0 aliphatic rings. The summed E-state index contributed by atoms with van der Waals surface area (Å²) in [5.74, 6) is -2.14. The molecule has 3 aromatic rings. The summed E-state index contributed by atoms with van der Waals surface area (Å²) < 4.78 is 0. The molecule has 0 fully saturated rings. The van der Waals surface area contributed by atoms with E-state index >= 15 is 0 Å². The molecule has 0 unspecified atom stereocenters. The van der Waals surface area contributed by atoms with Crippen LogP contribution in [-0.2, 0) is 9.59 Å². The molecule has 0 saturated heterocycles. The van der Waals surface area contributed by atoms with E-state index < -0.39 is 16.9 Å². The van der Waals surface area contributed by atoms with Gasteiger partial charge in [-0.3, -0.25) is 10.1 Å². The number of aryl methyl sites for hydroxylation is 1. The van der Waals surface area contributed by atoms with E-state index in [1.54, 1.807) is 48.5 Å². The van der Waals surface area contributed by atoms with Crippen LogP contribution in [-0.4, -0.2) is 37.0 Å². The zero-order chi connectivity index (χ0) is 24.7. The fourth-order valence-electron chi connectivity index (χ4n) is 2.97. The number of aliphatic carboxylic acids is 2.